The summed E-state index contributed by atoms with van der Waals surface area (Å²) in [7, 11) is 6.68. The molecule has 2 aliphatic rings. The molecule has 4 atom stereocenters. The second-order valence-corrected chi connectivity index (χ2v) is 12.2. The Morgan fingerprint density at radius 1 is 0.587 bits per heavy atom. The summed E-state index contributed by atoms with van der Waals surface area (Å²) in [6.07, 6.45) is 7.41. The minimum absolute atomic E-state index is 0.149. The Morgan fingerprint density at radius 3 is 1.43 bits per heavy atom. The predicted octanol–water partition coefficient (Wildman–Crippen LogP) is 7.65. The maximum Gasteiger partial charge on any atom is 0.146 e. The molecule has 5 rings (SSSR count). The lowest BCUT2D eigenvalue weighted by molar-refractivity contribution is -0.205. The second-order valence-electron chi connectivity index (χ2n) is 12.2. The van der Waals surface area contributed by atoms with Gasteiger partial charge in [-0.1, -0.05) is 86.3 Å². The van der Waals surface area contributed by atoms with Gasteiger partial charge in [-0.25, -0.2) is 0 Å². The molecule has 8 heteroatoms. The maximum atomic E-state index is 7.00. The van der Waals surface area contributed by atoms with Gasteiger partial charge in [-0.3, -0.25) is 0 Å². The zero-order chi connectivity index (χ0) is 32.2. The van der Waals surface area contributed by atoms with Crippen LogP contribution in [0.25, 0.3) is 0 Å². The molecule has 0 N–H and O–H groups in total. The van der Waals surface area contributed by atoms with E-state index in [0.717, 1.165) is 79.4 Å². The van der Waals surface area contributed by atoms with E-state index < -0.39 is 11.2 Å². The number of benzene rings is 3. The van der Waals surface area contributed by atoms with E-state index in [0.29, 0.717) is 19.0 Å². The molecule has 2 fully saturated rings. The van der Waals surface area contributed by atoms with Gasteiger partial charge >= 0.3 is 0 Å². The molecule has 0 bridgehead atoms. The van der Waals surface area contributed by atoms with Crippen molar-refractivity contribution in [2.75, 3.05) is 42.0 Å². The molecular formula is C38H50O8. The molecule has 2 saturated carbocycles. The summed E-state index contributed by atoms with van der Waals surface area (Å²) in [6.45, 7) is 1.03. The highest BCUT2D eigenvalue weighted by Crippen LogP contribution is 2.46. The third-order valence-corrected chi connectivity index (χ3v) is 9.49. The number of methoxy groups -OCH3 is 4. The van der Waals surface area contributed by atoms with Crippen LogP contribution < -0.4 is 9.47 Å². The number of rotatable bonds is 16. The minimum atomic E-state index is -0.631. The first-order valence-electron chi connectivity index (χ1n) is 16.4. The van der Waals surface area contributed by atoms with Gasteiger partial charge in [-0.2, -0.15) is 0 Å². The summed E-state index contributed by atoms with van der Waals surface area (Å²) in [5.41, 5.74) is 2.71. The van der Waals surface area contributed by atoms with Gasteiger partial charge in [0.2, 0.25) is 0 Å². The molecular weight excluding hydrogens is 584 g/mol. The average Bonchev–Trinajstić information content (AvgIpc) is 3.12. The highest BCUT2D eigenvalue weighted by Gasteiger charge is 2.46. The Morgan fingerprint density at radius 2 is 1.04 bits per heavy atom. The third kappa shape index (κ3) is 7.59. The van der Waals surface area contributed by atoms with Gasteiger partial charge in [0.1, 0.15) is 36.3 Å². The molecule has 250 valence electrons. The number of hydrogen-bond acceptors (Lipinski definition) is 8. The van der Waals surface area contributed by atoms with Crippen LogP contribution in [-0.2, 0) is 52.8 Å². The van der Waals surface area contributed by atoms with Gasteiger partial charge in [0.15, 0.2) is 0 Å². The largest absolute Gasteiger partial charge is 0.497 e. The van der Waals surface area contributed by atoms with Crippen molar-refractivity contribution in [3.8, 4) is 11.5 Å². The molecule has 0 spiro atoms. The van der Waals surface area contributed by atoms with Gasteiger partial charge in [-0.15, -0.1) is 0 Å². The van der Waals surface area contributed by atoms with Crippen LogP contribution in [0.5, 0.6) is 11.5 Å². The van der Waals surface area contributed by atoms with Crippen molar-refractivity contribution in [3.63, 3.8) is 0 Å². The van der Waals surface area contributed by atoms with Crippen LogP contribution >= 0.6 is 0 Å². The maximum absolute atomic E-state index is 7.00. The molecule has 0 heterocycles. The van der Waals surface area contributed by atoms with E-state index in [1.807, 2.05) is 24.3 Å². The highest BCUT2D eigenvalue weighted by atomic mass is 16.7. The molecule has 0 aliphatic heterocycles. The van der Waals surface area contributed by atoms with Crippen LogP contribution in [0.15, 0.2) is 72.8 Å². The quantitative estimate of drug-likeness (QED) is 0.149. The van der Waals surface area contributed by atoms with Crippen molar-refractivity contribution in [1.29, 1.82) is 0 Å². The van der Waals surface area contributed by atoms with E-state index in [1.54, 1.807) is 28.4 Å². The zero-order valence-corrected chi connectivity index (χ0v) is 27.8. The molecule has 46 heavy (non-hydrogen) atoms. The molecule has 0 saturated heterocycles. The van der Waals surface area contributed by atoms with Crippen LogP contribution in [0, 0.1) is 0 Å². The van der Waals surface area contributed by atoms with Crippen molar-refractivity contribution in [1.82, 2.24) is 0 Å². The lowest BCUT2D eigenvalue weighted by Crippen LogP contribution is -2.46. The Labute approximate surface area is 274 Å². The summed E-state index contributed by atoms with van der Waals surface area (Å²) in [5.74, 6) is 1.44. The molecule has 0 amide bonds. The first kappa shape index (κ1) is 34.4. The van der Waals surface area contributed by atoms with Gasteiger partial charge in [0.25, 0.3) is 0 Å². The molecule has 8 nitrogen and oxygen atoms in total. The zero-order valence-electron chi connectivity index (χ0n) is 27.8. The Bertz CT molecular complexity index is 1240. The summed E-state index contributed by atoms with van der Waals surface area (Å²) in [6, 6.07) is 24.8. The van der Waals surface area contributed by atoms with E-state index in [9.17, 15) is 0 Å². The predicted molar refractivity (Wildman–Crippen MR) is 176 cm³/mol. The molecule has 0 aromatic heterocycles. The van der Waals surface area contributed by atoms with E-state index in [-0.39, 0.29) is 25.8 Å². The summed E-state index contributed by atoms with van der Waals surface area (Å²) < 4.78 is 49.1. The molecule has 0 unspecified atom stereocenters. The van der Waals surface area contributed by atoms with Crippen LogP contribution in [-0.4, -0.2) is 54.2 Å². The van der Waals surface area contributed by atoms with Gasteiger partial charge in [0, 0.05) is 25.3 Å². The molecule has 2 aliphatic carbocycles. The summed E-state index contributed by atoms with van der Waals surface area (Å²) in [5, 5.41) is 0. The lowest BCUT2D eigenvalue weighted by Gasteiger charge is -2.44. The van der Waals surface area contributed by atoms with Crippen LogP contribution in [0.1, 0.15) is 73.6 Å². The second kappa shape index (κ2) is 16.7. The SMILES string of the molecule is COCO[C@H]1CCCC[C@]1(OCc1cc(OC)cc(CO[C@]2(c3ccccc3)CCCC[C@@H]2OCOC)c1OC)c1ccccc1. The standard InChI is InChI=1S/C38H50O8/c1-39-27-43-34-19-11-13-21-37(34,31-15-7-5-8-16-31)45-25-29-23-33(41-3)24-30(36(29)42-4)26-46-38(32-17-9-6-10-18-32)22-14-12-20-35(38)44-28-40-2/h5-10,15-18,23-24,34-35H,11-14,19-22,25-28H2,1-4H3/t34-,35-,37-,38-/m0/s1. The molecule has 0 radical (unpaired) electrons. The van der Waals surface area contributed by atoms with E-state index in [1.165, 1.54) is 0 Å². The lowest BCUT2D eigenvalue weighted by atomic mass is 9.77. The van der Waals surface area contributed by atoms with Gasteiger partial charge in [-0.05, 0) is 48.9 Å². The van der Waals surface area contributed by atoms with Crippen molar-refractivity contribution < 1.29 is 37.9 Å². The van der Waals surface area contributed by atoms with E-state index in [4.69, 9.17) is 37.9 Å². The topological polar surface area (TPSA) is 73.8 Å². The first-order chi connectivity index (χ1) is 22.6. The smallest absolute Gasteiger partial charge is 0.146 e. The van der Waals surface area contributed by atoms with Crippen molar-refractivity contribution in [2.24, 2.45) is 0 Å². The number of ether oxygens (including phenoxy) is 8. The third-order valence-electron chi connectivity index (χ3n) is 9.49. The summed E-state index contributed by atoms with van der Waals surface area (Å²) >= 11 is 0. The van der Waals surface area contributed by atoms with Crippen molar-refractivity contribution in [2.45, 2.75) is 88.0 Å². The Balaban J connectivity index is 1.47. The number of hydrogen-bond donors (Lipinski definition) is 0. The van der Waals surface area contributed by atoms with Crippen molar-refractivity contribution >= 4 is 0 Å². The average molecular weight is 635 g/mol. The summed E-state index contributed by atoms with van der Waals surface area (Å²) in [4.78, 5) is 0. The van der Waals surface area contributed by atoms with E-state index in [2.05, 4.69) is 48.5 Å². The fourth-order valence-corrected chi connectivity index (χ4v) is 7.29. The van der Waals surface area contributed by atoms with Crippen LogP contribution in [0.2, 0.25) is 0 Å². The van der Waals surface area contributed by atoms with Crippen molar-refractivity contribution in [3.05, 3.63) is 95.1 Å². The first-order valence-corrected chi connectivity index (χ1v) is 16.4. The fraction of sp³-hybridized carbons (Fsp3) is 0.526. The van der Waals surface area contributed by atoms with Gasteiger partial charge in [0.05, 0.1) is 39.6 Å². The molecule has 3 aromatic carbocycles. The Hall–Kier alpha value is -2.98. The van der Waals surface area contributed by atoms with Crippen LogP contribution in [0.4, 0.5) is 0 Å². The molecule has 3 aromatic rings. The van der Waals surface area contributed by atoms with Gasteiger partial charge < -0.3 is 37.9 Å². The fourth-order valence-electron chi connectivity index (χ4n) is 7.29. The normalized spacial score (nSPS) is 24.9. The monoisotopic (exact) mass is 634 g/mol. The minimum Gasteiger partial charge on any atom is -0.497 e. The highest BCUT2D eigenvalue weighted by molar-refractivity contribution is 5.47. The van der Waals surface area contributed by atoms with Crippen LogP contribution in [0.3, 0.4) is 0 Å². The van der Waals surface area contributed by atoms with E-state index >= 15 is 0 Å². The Kier molecular flexibility index (Phi) is 12.5.